The first-order chi connectivity index (χ1) is 15.4. The molecule has 0 spiro atoms. The lowest BCUT2D eigenvalue weighted by atomic mass is 9.85. The second kappa shape index (κ2) is 9.15. The van der Waals surface area contributed by atoms with Crippen molar-refractivity contribution in [2.75, 3.05) is 5.32 Å². The Bertz CT molecular complexity index is 1030. The van der Waals surface area contributed by atoms with Crippen molar-refractivity contribution in [1.82, 2.24) is 0 Å². The van der Waals surface area contributed by atoms with E-state index in [-0.39, 0.29) is 17.2 Å². The minimum absolute atomic E-state index is 0.00880. The van der Waals surface area contributed by atoms with E-state index in [0.29, 0.717) is 18.4 Å². The molecule has 1 aliphatic rings. The van der Waals surface area contributed by atoms with Crippen molar-refractivity contribution in [3.63, 3.8) is 0 Å². The molecule has 0 aliphatic heterocycles. The van der Waals surface area contributed by atoms with Crippen LogP contribution in [0.15, 0.2) is 42.5 Å². The van der Waals surface area contributed by atoms with E-state index in [1.807, 2.05) is 13.8 Å². The van der Waals surface area contributed by atoms with Crippen molar-refractivity contribution in [3.05, 3.63) is 65.0 Å². The Morgan fingerprint density at radius 1 is 1.18 bits per heavy atom. The molecule has 0 radical (unpaired) electrons. The minimum Gasteiger partial charge on any atom is -0.454 e. The van der Waals surface area contributed by atoms with Gasteiger partial charge in [0.15, 0.2) is 0 Å². The highest BCUT2D eigenvalue weighted by molar-refractivity contribution is 5.96. The van der Waals surface area contributed by atoms with Crippen LogP contribution >= 0.6 is 0 Å². The first-order valence-electron chi connectivity index (χ1n) is 10.8. The number of anilines is 1. The van der Waals surface area contributed by atoms with Crippen LogP contribution in [-0.2, 0) is 26.3 Å². The van der Waals surface area contributed by atoms with E-state index in [1.165, 1.54) is 31.2 Å². The third-order valence-corrected chi connectivity index (χ3v) is 6.33. The van der Waals surface area contributed by atoms with Gasteiger partial charge in [-0.15, -0.1) is 0 Å². The molecule has 1 amide bonds. The lowest BCUT2D eigenvalue weighted by molar-refractivity contribution is -0.178. The van der Waals surface area contributed by atoms with Crippen LogP contribution in [-0.4, -0.2) is 18.1 Å². The van der Waals surface area contributed by atoms with Crippen molar-refractivity contribution in [2.24, 2.45) is 11.8 Å². The highest BCUT2D eigenvalue weighted by Crippen LogP contribution is 2.55. The monoisotopic (exact) mass is 465 g/mol. The maximum Gasteiger partial charge on any atom is 0.392 e. The number of hydrogen-bond donors (Lipinski definition) is 1. The topological polar surface area (TPSA) is 55.4 Å². The Hall–Kier alpha value is -2.90. The second-order valence-electron chi connectivity index (χ2n) is 8.68. The van der Waals surface area contributed by atoms with E-state index in [0.717, 1.165) is 18.6 Å². The van der Waals surface area contributed by atoms with Gasteiger partial charge in [0.1, 0.15) is 11.4 Å². The minimum atomic E-state index is -4.63. The van der Waals surface area contributed by atoms with Gasteiger partial charge in [-0.3, -0.25) is 9.59 Å². The normalized spacial score (nSPS) is 21.8. The molecular formula is C25H27F4NO3. The summed E-state index contributed by atoms with van der Waals surface area (Å²) in [5, 5.41) is 2.34. The number of alkyl halides is 3. The predicted molar refractivity (Wildman–Crippen MR) is 116 cm³/mol. The van der Waals surface area contributed by atoms with E-state index in [9.17, 15) is 27.2 Å². The van der Waals surface area contributed by atoms with Gasteiger partial charge in [0.2, 0.25) is 5.91 Å². The molecule has 1 saturated carbocycles. The molecule has 0 aromatic heterocycles. The predicted octanol–water partition coefficient (Wildman–Crippen LogP) is 6.11. The molecule has 0 bridgehead atoms. The van der Waals surface area contributed by atoms with E-state index in [1.54, 1.807) is 12.1 Å². The lowest BCUT2D eigenvalue weighted by Crippen LogP contribution is -2.34. The van der Waals surface area contributed by atoms with Gasteiger partial charge in [-0.05, 0) is 41.7 Å². The third-order valence-electron chi connectivity index (χ3n) is 6.33. The summed E-state index contributed by atoms with van der Waals surface area (Å²) in [4.78, 5) is 24.6. The van der Waals surface area contributed by atoms with Gasteiger partial charge in [0.05, 0.1) is 17.5 Å². The first-order valence-corrected chi connectivity index (χ1v) is 10.8. The van der Waals surface area contributed by atoms with Crippen molar-refractivity contribution < 1.29 is 31.9 Å². The number of carbonyl (C=O) groups is 2. The molecule has 4 atom stereocenters. The largest absolute Gasteiger partial charge is 0.454 e. The van der Waals surface area contributed by atoms with Crippen molar-refractivity contribution in [3.8, 4) is 0 Å². The van der Waals surface area contributed by atoms with Crippen LogP contribution in [0.4, 0.5) is 23.2 Å². The lowest BCUT2D eigenvalue weighted by Gasteiger charge is -2.26. The molecule has 4 nitrogen and oxygen atoms in total. The summed E-state index contributed by atoms with van der Waals surface area (Å²) in [5.74, 6) is -5.83. The average molecular weight is 465 g/mol. The van der Waals surface area contributed by atoms with Crippen LogP contribution in [0.25, 0.3) is 0 Å². The molecule has 2 unspecified atom stereocenters. The van der Waals surface area contributed by atoms with Crippen molar-refractivity contribution in [2.45, 2.75) is 58.2 Å². The molecule has 1 aliphatic carbocycles. The highest BCUT2D eigenvalue weighted by atomic mass is 19.4. The van der Waals surface area contributed by atoms with E-state index >= 15 is 0 Å². The Kier molecular flexibility index (Phi) is 6.86. The highest BCUT2D eigenvalue weighted by Gasteiger charge is 2.56. The van der Waals surface area contributed by atoms with Crippen molar-refractivity contribution >= 4 is 17.6 Å². The van der Waals surface area contributed by atoms with Gasteiger partial charge < -0.3 is 10.1 Å². The number of carbonyl (C=O) groups excluding carboxylic acids is 2. The summed E-state index contributed by atoms with van der Waals surface area (Å²) >= 11 is 0. The second-order valence-corrected chi connectivity index (χ2v) is 8.68. The van der Waals surface area contributed by atoms with Gasteiger partial charge >= 0.3 is 12.1 Å². The summed E-state index contributed by atoms with van der Waals surface area (Å²) in [7, 11) is 0. The smallest absolute Gasteiger partial charge is 0.392 e. The molecule has 0 saturated heterocycles. The number of aryl methyl sites for hydroxylation is 1. The van der Waals surface area contributed by atoms with Crippen LogP contribution in [0, 0.1) is 17.7 Å². The standard InChI is InChI=1S/C25H27F4NO3/c1-5-17-6-8-18(9-7-17)22(15(3)25(27,28)29)23(32)30-21-12-19(10-11-20(21)26)24(13-14(24)2)33-16(4)31/h6-12,14-15,22H,5,13H2,1-4H3,(H,30,32)/t14?,15-,22+,24?/m1/s1. The number of halogens is 4. The zero-order valence-electron chi connectivity index (χ0n) is 18.9. The van der Waals surface area contributed by atoms with Gasteiger partial charge in [0, 0.05) is 12.8 Å². The molecule has 2 aromatic rings. The van der Waals surface area contributed by atoms with E-state index < -0.39 is 41.3 Å². The Labute approximate surface area is 190 Å². The van der Waals surface area contributed by atoms with Crippen LogP contribution in [0.2, 0.25) is 0 Å². The molecule has 1 N–H and O–H groups in total. The fourth-order valence-electron chi connectivity index (χ4n) is 4.17. The summed E-state index contributed by atoms with van der Waals surface area (Å²) in [6.45, 7) is 5.99. The average Bonchev–Trinajstić information content (AvgIpc) is 3.38. The molecule has 0 heterocycles. The molecule has 178 valence electrons. The number of esters is 1. The van der Waals surface area contributed by atoms with Crippen LogP contribution < -0.4 is 5.32 Å². The summed E-state index contributed by atoms with van der Waals surface area (Å²) in [5.41, 5.74) is 0.416. The Morgan fingerprint density at radius 3 is 2.27 bits per heavy atom. The van der Waals surface area contributed by atoms with Gasteiger partial charge in [-0.1, -0.05) is 51.1 Å². The zero-order chi connectivity index (χ0) is 24.6. The van der Waals surface area contributed by atoms with Gasteiger partial charge in [-0.25, -0.2) is 4.39 Å². The van der Waals surface area contributed by atoms with Crippen LogP contribution in [0.3, 0.4) is 0 Å². The number of benzene rings is 2. The molecule has 3 rings (SSSR count). The third kappa shape index (κ3) is 5.20. The zero-order valence-corrected chi connectivity index (χ0v) is 18.9. The Morgan fingerprint density at radius 2 is 1.79 bits per heavy atom. The van der Waals surface area contributed by atoms with E-state index in [4.69, 9.17) is 4.74 Å². The number of rotatable bonds is 7. The fraction of sp³-hybridized carbons (Fsp3) is 0.440. The number of nitrogens with one attached hydrogen (secondary N) is 1. The molecule has 8 heteroatoms. The Balaban J connectivity index is 1.94. The number of hydrogen-bond acceptors (Lipinski definition) is 3. The molecule has 1 fully saturated rings. The molecule has 2 aromatic carbocycles. The van der Waals surface area contributed by atoms with Crippen molar-refractivity contribution in [1.29, 1.82) is 0 Å². The first kappa shape index (κ1) is 24.7. The van der Waals surface area contributed by atoms with Crippen LogP contribution in [0.5, 0.6) is 0 Å². The van der Waals surface area contributed by atoms with Gasteiger partial charge in [0.25, 0.3) is 0 Å². The molecular weight excluding hydrogens is 438 g/mol. The van der Waals surface area contributed by atoms with Crippen LogP contribution in [0.1, 0.15) is 56.7 Å². The number of ether oxygens (including phenoxy) is 1. The van der Waals surface area contributed by atoms with E-state index in [2.05, 4.69) is 5.32 Å². The SMILES string of the molecule is CCc1ccc([C@@H](C(=O)Nc2cc(C3(OC(C)=O)CC3C)ccc2F)[C@@H](C)C(F)(F)F)cc1. The van der Waals surface area contributed by atoms with Gasteiger partial charge in [-0.2, -0.15) is 13.2 Å². The maximum absolute atomic E-state index is 14.6. The molecule has 33 heavy (non-hydrogen) atoms. The quantitative estimate of drug-likeness (QED) is 0.397. The number of amides is 1. The summed E-state index contributed by atoms with van der Waals surface area (Å²) in [6.07, 6.45) is -3.40. The maximum atomic E-state index is 14.6. The summed E-state index contributed by atoms with van der Waals surface area (Å²) in [6, 6.07) is 10.2. The fourth-order valence-corrected chi connectivity index (χ4v) is 4.17. The summed E-state index contributed by atoms with van der Waals surface area (Å²) < 4.78 is 60.8.